The van der Waals surface area contributed by atoms with Crippen molar-refractivity contribution in [3.05, 3.63) is 29.3 Å². The monoisotopic (exact) mass is 254 g/mol. The maximum absolute atomic E-state index is 11.8. The van der Waals surface area contributed by atoms with Crippen LogP contribution < -0.4 is 5.32 Å². The number of hydrogen-bond acceptors (Lipinski definition) is 3. The molecule has 1 fully saturated rings. The molecule has 1 aromatic rings. The third-order valence-corrected chi connectivity index (χ3v) is 2.79. The normalized spacial score (nSPS) is 19.1. The van der Waals surface area contributed by atoms with Crippen LogP contribution in [-0.4, -0.2) is 36.6 Å². The largest absolute Gasteiger partial charge is 0.447 e. The molecule has 1 aliphatic heterocycles. The van der Waals surface area contributed by atoms with E-state index in [1.54, 1.807) is 24.3 Å². The minimum absolute atomic E-state index is 0.0781. The van der Waals surface area contributed by atoms with Crippen molar-refractivity contribution in [2.24, 2.45) is 0 Å². The number of ether oxygens (including phenoxy) is 1. The highest BCUT2D eigenvalue weighted by Crippen LogP contribution is 2.16. The summed E-state index contributed by atoms with van der Waals surface area (Å²) in [4.78, 5) is 24.2. The molecule has 6 heteroatoms. The van der Waals surface area contributed by atoms with Crippen LogP contribution in [0.15, 0.2) is 24.3 Å². The maximum atomic E-state index is 11.8. The van der Waals surface area contributed by atoms with Crippen LogP contribution in [0.4, 0.5) is 10.5 Å². The van der Waals surface area contributed by atoms with E-state index >= 15 is 0 Å². The highest BCUT2D eigenvalue weighted by molar-refractivity contribution is 6.30. The number of nitrogens with one attached hydrogen (secondary N) is 1. The molecule has 1 atom stereocenters. The third kappa shape index (κ3) is 2.50. The molecule has 0 spiro atoms. The van der Waals surface area contributed by atoms with Crippen LogP contribution in [0.25, 0.3) is 0 Å². The Morgan fingerprint density at radius 3 is 2.65 bits per heavy atom. The lowest BCUT2D eigenvalue weighted by Crippen LogP contribution is -2.40. The van der Waals surface area contributed by atoms with Crippen molar-refractivity contribution >= 4 is 29.3 Å². The average molecular weight is 255 g/mol. The van der Waals surface area contributed by atoms with Crippen LogP contribution in [0.5, 0.6) is 0 Å². The summed E-state index contributed by atoms with van der Waals surface area (Å²) in [5, 5.41) is 3.29. The zero-order valence-electron chi connectivity index (χ0n) is 9.14. The fourth-order valence-corrected chi connectivity index (χ4v) is 1.63. The summed E-state index contributed by atoms with van der Waals surface area (Å²) < 4.78 is 4.76. The quantitative estimate of drug-likeness (QED) is 0.874. The summed E-state index contributed by atoms with van der Waals surface area (Å²) >= 11 is 5.73. The number of likely N-dealkylation sites (N-methyl/N-ethyl adjacent to an activating group) is 1. The first-order chi connectivity index (χ1) is 8.08. The number of rotatable bonds is 2. The van der Waals surface area contributed by atoms with Crippen molar-refractivity contribution in [3.63, 3.8) is 0 Å². The number of hydrogen-bond donors (Lipinski definition) is 1. The zero-order valence-corrected chi connectivity index (χ0v) is 9.90. The van der Waals surface area contributed by atoms with Gasteiger partial charge in [-0.05, 0) is 24.3 Å². The summed E-state index contributed by atoms with van der Waals surface area (Å²) in [6.45, 7) is 0.0781. The molecule has 2 amide bonds. The standard InChI is InChI=1S/C11H11ClN2O3/c1-14-9(6-17-11(14)16)10(15)13-8-4-2-7(12)3-5-8/h2-5,9H,6H2,1H3,(H,13,15). The van der Waals surface area contributed by atoms with E-state index in [9.17, 15) is 9.59 Å². The van der Waals surface area contributed by atoms with Crippen molar-refractivity contribution in [1.82, 2.24) is 4.90 Å². The smallest absolute Gasteiger partial charge is 0.410 e. The van der Waals surface area contributed by atoms with Crippen molar-refractivity contribution in [1.29, 1.82) is 0 Å². The van der Waals surface area contributed by atoms with Crippen LogP contribution in [0, 0.1) is 0 Å². The van der Waals surface area contributed by atoms with Crippen molar-refractivity contribution in [3.8, 4) is 0 Å². The number of carbonyl (C=O) groups excluding carboxylic acids is 2. The molecule has 1 aliphatic rings. The lowest BCUT2D eigenvalue weighted by atomic mass is 10.2. The van der Waals surface area contributed by atoms with Crippen LogP contribution in [0.1, 0.15) is 0 Å². The Bertz CT molecular complexity index is 447. The van der Waals surface area contributed by atoms with Gasteiger partial charge in [-0.2, -0.15) is 0 Å². The number of carbonyl (C=O) groups is 2. The van der Waals surface area contributed by atoms with Gasteiger partial charge in [-0.25, -0.2) is 4.79 Å². The molecular formula is C11H11ClN2O3. The number of halogens is 1. The van der Waals surface area contributed by atoms with E-state index in [0.717, 1.165) is 0 Å². The van der Waals surface area contributed by atoms with Crippen molar-refractivity contribution < 1.29 is 14.3 Å². The molecule has 1 unspecified atom stereocenters. The molecule has 5 nitrogen and oxygen atoms in total. The second-order valence-corrected chi connectivity index (χ2v) is 4.14. The van der Waals surface area contributed by atoms with Crippen LogP contribution >= 0.6 is 11.6 Å². The highest BCUT2D eigenvalue weighted by Gasteiger charge is 2.35. The first-order valence-electron chi connectivity index (χ1n) is 5.04. The van der Waals surface area contributed by atoms with Gasteiger partial charge < -0.3 is 10.1 Å². The Hall–Kier alpha value is -1.75. The number of cyclic esters (lactones) is 1. The average Bonchev–Trinajstić information content (AvgIpc) is 2.63. The van der Waals surface area contributed by atoms with Crippen LogP contribution in [0.3, 0.4) is 0 Å². The predicted octanol–water partition coefficient (Wildman–Crippen LogP) is 1.73. The molecule has 90 valence electrons. The van der Waals surface area contributed by atoms with Crippen LogP contribution in [0.2, 0.25) is 5.02 Å². The second kappa shape index (κ2) is 4.63. The molecule has 17 heavy (non-hydrogen) atoms. The van der Waals surface area contributed by atoms with Gasteiger partial charge in [-0.3, -0.25) is 9.69 Å². The highest BCUT2D eigenvalue weighted by atomic mass is 35.5. The Morgan fingerprint density at radius 2 is 2.12 bits per heavy atom. The van der Waals surface area contributed by atoms with Gasteiger partial charge in [0.05, 0.1) is 0 Å². The van der Waals surface area contributed by atoms with Gasteiger partial charge in [-0.15, -0.1) is 0 Å². The maximum Gasteiger partial charge on any atom is 0.410 e. The fourth-order valence-electron chi connectivity index (χ4n) is 1.50. The van der Waals surface area contributed by atoms with Crippen LogP contribution in [-0.2, 0) is 9.53 Å². The summed E-state index contributed by atoms with van der Waals surface area (Å²) in [7, 11) is 1.53. The Balaban J connectivity index is 2.02. The summed E-state index contributed by atoms with van der Waals surface area (Å²) in [6.07, 6.45) is -0.485. The summed E-state index contributed by atoms with van der Waals surface area (Å²) in [6, 6.07) is 6.16. The first kappa shape index (κ1) is 11.7. The number of anilines is 1. The van der Waals surface area contributed by atoms with Gasteiger partial charge in [0.25, 0.3) is 5.91 Å². The number of nitrogens with zero attached hydrogens (tertiary/aromatic N) is 1. The van der Waals surface area contributed by atoms with Gasteiger partial charge in [0.1, 0.15) is 12.6 Å². The Kier molecular flexibility index (Phi) is 3.19. The Morgan fingerprint density at radius 1 is 1.47 bits per heavy atom. The first-order valence-corrected chi connectivity index (χ1v) is 5.42. The van der Waals surface area contributed by atoms with E-state index in [4.69, 9.17) is 16.3 Å². The number of benzene rings is 1. The van der Waals surface area contributed by atoms with E-state index < -0.39 is 12.1 Å². The molecule has 1 heterocycles. The fraction of sp³-hybridized carbons (Fsp3) is 0.273. The minimum Gasteiger partial charge on any atom is -0.447 e. The molecule has 0 saturated carbocycles. The lowest BCUT2D eigenvalue weighted by molar-refractivity contribution is -0.119. The van der Waals surface area contributed by atoms with Gasteiger partial charge in [0.15, 0.2) is 0 Å². The molecule has 1 saturated heterocycles. The SMILES string of the molecule is CN1C(=O)OCC1C(=O)Nc1ccc(Cl)cc1. The van der Waals surface area contributed by atoms with Crippen molar-refractivity contribution in [2.45, 2.75) is 6.04 Å². The van der Waals surface area contributed by atoms with E-state index in [2.05, 4.69) is 5.32 Å². The Labute approximate surface area is 103 Å². The summed E-state index contributed by atoms with van der Waals surface area (Å²) in [5.41, 5.74) is 0.632. The number of amides is 2. The van der Waals surface area contributed by atoms with Gasteiger partial charge in [0, 0.05) is 17.8 Å². The topological polar surface area (TPSA) is 58.6 Å². The predicted molar refractivity (Wildman–Crippen MR) is 63.0 cm³/mol. The van der Waals surface area contributed by atoms with Crippen molar-refractivity contribution in [2.75, 3.05) is 19.0 Å². The zero-order chi connectivity index (χ0) is 12.4. The van der Waals surface area contributed by atoms with E-state index in [1.165, 1.54) is 11.9 Å². The lowest BCUT2D eigenvalue weighted by Gasteiger charge is -2.15. The minimum atomic E-state index is -0.585. The van der Waals surface area contributed by atoms with Gasteiger partial charge >= 0.3 is 6.09 Å². The molecule has 0 bridgehead atoms. The van der Waals surface area contributed by atoms with E-state index in [-0.39, 0.29) is 12.5 Å². The molecular weight excluding hydrogens is 244 g/mol. The third-order valence-electron chi connectivity index (χ3n) is 2.53. The molecule has 0 aromatic heterocycles. The second-order valence-electron chi connectivity index (χ2n) is 3.70. The molecule has 2 rings (SSSR count). The summed E-state index contributed by atoms with van der Waals surface area (Å²) in [5.74, 6) is -0.277. The molecule has 0 radical (unpaired) electrons. The van der Waals surface area contributed by atoms with E-state index in [0.29, 0.717) is 10.7 Å². The molecule has 1 aromatic carbocycles. The molecule has 0 aliphatic carbocycles. The van der Waals surface area contributed by atoms with Gasteiger partial charge in [0.2, 0.25) is 0 Å². The van der Waals surface area contributed by atoms with Gasteiger partial charge in [-0.1, -0.05) is 11.6 Å². The van der Waals surface area contributed by atoms with E-state index in [1.807, 2.05) is 0 Å². The molecule has 1 N–H and O–H groups in total.